The van der Waals surface area contributed by atoms with E-state index in [-0.39, 0.29) is 5.56 Å². The van der Waals surface area contributed by atoms with Gasteiger partial charge in [0.25, 0.3) is 0 Å². The van der Waals surface area contributed by atoms with Crippen LogP contribution in [0.25, 0.3) is 11.0 Å². The highest BCUT2D eigenvalue weighted by Gasteiger charge is 2.46. The number of carbonyl (C=O) groups excluding carboxylic acids is 1. The molecule has 1 unspecified atom stereocenters. The van der Waals surface area contributed by atoms with Crippen LogP contribution < -0.4 is 10.6 Å². The molecular weight excluding hydrogens is 443 g/mol. The average Bonchev–Trinajstić information content (AvgIpc) is 3.50. The topological polar surface area (TPSA) is 70.2 Å². The molecule has 3 aromatic rings. The number of nitrogens with zero attached hydrogens (tertiary/aromatic N) is 3. The molecule has 5 rings (SSSR count). The van der Waals surface area contributed by atoms with Gasteiger partial charge in [-0.1, -0.05) is 12.1 Å². The molecule has 2 atom stereocenters. The molecule has 0 radical (unpaired) electrons. The van der Waals surface area contributed by atoms with Gasteiger partial charge < -0.3 is 15.5 Å². The number of halogens is 3. The number of hydrogen-bond acceptors (Lipinski definition) is 5. The maximum absolute atomic E-state index is 14.0. The molecule has 6 nitrogen and oxygen atoms in total. The number of anilines is 2. The Hall–Kier alpha value is -3.20. The van der Waals surface area contributed by atoms with E-state index in [0.717, 1.165) is 40.0 Å². The van der Waals surface area contributed by atoms with Gasteiger partial charge >= 0.3 is 6.18 Å². The third-order valence-corrected chi connectivity index (χ3v) is 6.61. The Balaban J connectivity index is 1.40. The van der Waals surface area contributed by atoms with Crippen molar-refractivity contribution in [3.63, 3.8) is 0 Å². The van der Waals surface area contributed by atoms with Gasteiger partial charge in [0.15, 0.2) is 6.04 Å². The molecule has 2 aromatic heterocycles. The SMILES string of the molecule is CN(C(=O)C1CCNC1)[C@@H](c1ccc(Nc2cnc3cccnc3c2C2CC2)cc1)C(F)(F)F. The van der Waals surface area contributed by atoms with Crippen LogP contribution in [0.2, 0.25) is 0 Å². The number of amides is 1. The van der Waals surface area contributed by atoms with E-state index in [4.69, 9.17) is 0 Å². The molecule has 1 aromatic carbocycles. The van der Waals surface area contributed by atoms with E-state index in [0.29, 0.717) is 31.1 Å². The van der Waals surface area contributed by atoms with Crippen LogP contribution in [-0.2, 0) is 4.79 Å². The zero-order valence-corrected chi connectivity index (χ0v) is 18.8. The largest absolute Gasteiger partial charge is 0.413 e. The molecule has 9 heteroatoms. The van der Waals surface area contributed by atoms with Gasteiger partial charge in [-0.05, 0) is 61.6 Å². The molecule has 34 heavy (non-hydrogen) atoms. The lowest BCUT2D eigenvalue weighted by Gasteiger charge is -2.32. The maximum Gasteiger partial charge on any atom is 0.413 e. The smallest absolute Gasteiger partial charge is 0.354 e. The number of carbonyl (C=O) groups is 1. The molecule has 1 saturated heterocycles. The summed E-state index contributed by atoms with van der Waals surface area (Å²) < 4.78 is 42.0. The van der Waals surface area contributed by atoms with Crippen LogP contribution in [0.15, 0.2) is 48.8 Å². The van der Waals surface area contributed by atoms with Gasteiger partial charge in [-0.15, -0.1) is 0 Å². The number of fused-ring (bicyclic) bond motifs is 1. The number of hydrogen-bond donors (Lipinski definition) is 2. The van der Waals surface area contributed by atoms with Crippen molar-refractivity contribution < 1.29 is 18.0 Å². The third kappa shape index (κ3) is 4.44. The Morgan fingerprint density at radius 2 is 1.91 bits per heavy atom. The van der Waals surface area contributed by atoms with Gasteiger partial charge in [-0.25, -0.2) is 0 Å². The standard InChI is InChI=1S/C25H26F3N5O/c1-33(24(34)17-10-12-29-13-17)23(25(26,27)28)16-6-8-18(9-7-16)32-20-14-31-19-3-2-11-30-22(19)21(20)15-4-5-15/h2-3,6-9,11,14-15,17,23,29,32H,4-5,10,12-13H2,1H3/t17?,23-/m0/s1. The van der Waals surface area contributed by atoms with Gasteiger partial charge in [0.2, 0.25) is 5.91 Å². The second-order valence-electron chi connectivity index (χ2n) is 9.06. The molecule has 2 aliphatic rings. The second-order valence-corrected chi connectivity index (χ2v) is 9.06. The number of alkyl halides is 3. The molecule has 178 valence electrons. The van der Waals surface area contributed by atoms with E-state index in [1.54, 1.807) is 24.5 Å². The van der Waals surface area contributed by atoms with Crippen molar-refractivity contribution >= 4 is 28.3 Å². The first-order chi connectivity index (χ1) is 16.3. The van der Waals surface area contributed by atoms with Crippen molar-refractivity contribution in [2.45, 2.75) is 37.4 Å². The summed E-state index contributed by atoms with van der Waals surface area (Å²) in [5.74, 6) is -0.509. The highest BCUT2D eigenvalue weighted by molar-refractivity contribution is 5.85. The number of rotatable bonds is 6. The van der Waals surface area contributed by atoms with E-state index in [1.165, 1.54) is 19.2 Å². The third-order valence-electron chi connectivity index (χ3n) is 6.61. The Morgan fingerprint density at radius 3 is 2.56 bits per heavy atom. The summed E-state index contributed by atoms with van der Waals surface area (Å²) in [6.07, 6.45) is 1.62. The number of benzene rings is 1. The van der Waals surface area contributed by atoms with E-state index in [9.17, 15) is 18.0 Å². The number of nitrogens with one attached hydrogen (secondary N) is 2. The Kier molecular flexibility index (Phi) is 5.89. The van der Waals surface area contributed by atoms with Crippen LogP contribution in [0, 0.1) is 5.92 Å². The molecular formula is C25H26F3N5O. The number of aromatic nitrogens is 2. The van der Waals surface area contributed by atoms with Gasteiger partial charge in [0.1, 0.15) is 0 Å². The summed E-state index contributed by atoms with van der Waals surface area (Å²) in [5, 5.41) is 6.35. The zero-order chi connectivity index (χ0) is 23.9. The quantitative estimate of drug-likeness (QED) is 0.536. The van der Waals surface area contributed by atoms with E-state index in [2.05, 4.69) is 20.6 Å². The summed E-state index contributed by atoms with van der Waals surface area (Å²) in [5.41, 5.74) is 4.26. The van der Waals surface area contributed by atoms with E-state index >= 15 is 0 Å². The lowest BCUT2D eigenvalue weighted by atomic mass is 10.0. The fourth-order valence-corrected chi connectivity index (χ4v) is 4.74. The molecule has 3 heterocycles. The minimum absolute atomic E-state index is 0.0283. The average molecular weight is 470 g/mol. The first-order valence-electron chi connectivity index (χ1n) is 11.5. The fraction of sp³-hybridized carbons (Fsp3) is 0.400. The number of pyridine rings is 2. The molecule has 1 amide bonds. The fourth-order valence-electron chi connectivity index (χ4n) is 4.74. The molecule has 0 spiro atoms. The Morgan fingerprint density at radius 1 is 1.15 bits per heavy atom. The highest BCUT2D eigenvalue weighted by Crippen LogP contribution is 2.46. The molecule has 2 N–H and O–H groups in total. The van der Waals surface area contributed by atoms with Gasteiger partial charge in [0.05, 0.1) is 28.8 Å². The van der Waals surface area contributed by atoms with Gasteiger partial charge in [-0.3, -0.25) is 14.8 Å². The van der Waals surface area contributed by atoms with Crippen molar-refractivity contribution in [2.75, 3.05) is 25.5 Å². The predicted octanol–water partition coefficient (Wildman–Crippen LogP) is 4.92. The van der Waals surface area contributed by atoms with E-state index < -0.39 is 24.0 Å². The molecule has 1 saturated carbocycles. The molecule has 1 aliphatic heterocycles. The van der Waals surface area contributed by atoms with Gasteiger partial charge in [0, 0.05) is 31.0 Å². The summed E-state index contributed by atoms with van der Waals surface area (Å²) in [7, 11) is 1.24. The van der Waals surface area contributed by atoms with E-state index in [1.807, 2.05) is 12.1 Å². The predicted molar refractivity (Wildman–Crippen MR) is 124 cm³/mol. The van der Waals surface area contributed by atoms with Crippen molar-refractivity contribution in [1.82, 2.24) is 20.2 Å². The van der Waals surface area contributed by atoms with Crippen molar-refractivity contribution in [2.24, 2.45) is 5.92 Å². The highest BCUT2D eigenvalue weighted by atomic mass is 19.4. The molecule has 1 aliphatic carbocycles. The summed E-state index contributed by atoms with van der Waals surface area (Å²) in [6.45, 7) is 1.05. The van der Waals surface area contributed by atoms with Crippen LogP contribution in [0.1, 0.15) is 42.3 Å². The van der Waals surface area contributed by atoms with Gasteiger partial charge in [-0.2, -0.15) is 13.2 Å². The van der Waals surface area contributed by atoms with Crippen molar-refractivity contribution in [3.05, 3.63) is 59.9 Å². The lowest BCUT2D eigenvalue weighted by molar-refractivity contribution is -0.190. The Labute approximate surface area is 195 Å². The molecule has 2 fully saturated rings. The van der Waals surface area contributed by atoms with Crippen LogP contribution >= 0.6 is 0 Å². The monoisotopic (exact) mass is 469 g/mol. The van der Waals surface area contributed by atoms with Crippen LogP contribution in [0.5, 0.6) is 0 Å². The minimum Gasteiger partial charge on any atom is -0.354 e. The zero-order valence-electron chi connectivity index (χ0n) is 18.8. The maximum atomic E-state index is 14.0. The summed E-state index contributed by atoms with van der Waals surface area (Å²) in [6, 6.07) is 7.86. The first kappa shape index (κ1) is 22.6. The lowest BCUT2D eigenvalue weighted by Crippen LogP contribution is -2.43. The van der Waals surface area contributed by atoms with Crippen LogP contribution in [0.3, 0.4) is 0 Å². The summed E-state index contributed by atoms with van der Waals surface area (Å²) >= 11 is 0. The summed E-state index contributed by atoms with van der Waals surface area (Å²) in [4.78, 5) is 22.5. The second kappa shape index (κ2) is 8.87. The molecule has 0 bridgehead atoms. The van der Waals surface area contributed by atoms with Crippen molar-refractivity contribution in [3.8, 4) is 0 Å². The first-order valence-corrected chi connectivity index (χ1v) is 11.5. The van der Waals surface area contributed by atoms with Crippen LogP contribution in [0.4, 0.5) is 24.5 Å². The van der Waals surface area contributed by atoms with Crippen molar-refractivity contribution in [1.29, 1.82) is 0 Å². The Bertz CT molecular complexity index is 1190. The van der Waals surface area contributed by atoms with Crippen LogP contribution in [-0.4, -0.2) is 47.1 Å². The normalized spacial score (nSPS) is 19.2. The minimum atomic E-state index is -4.58.